The fraction of sp³-hybridized carbons (Fsp3) is 0.600. The maximum absolute atomic E-state index is 11.5. The third kappa shape index (κ3) is 3.23. The minimum absolute atomic E-state index is 0.0274. The molecule has 1 aromatic rings. The monoisotopic (exact) mass is 294 g/mol. The summed E-state index contributed by atoms with van der Waals surface area (Å²) >= 11 is 0. The van der Waals surface area contributed by atoms with E-state index in [1.807, 2.05) is 0 Å². The van der Waals surface area contributed by atoms with E-state index >= 15 is 0 Å². The Balaban J connectivity index is 3.29. The number of halogens is 1. The molecule has 1 rings (SSSR count). The minimum atomic E-state index is -3.86. The number of aliphatic carboxylic acids is 1. The molecule has 0 saturated heterocycles. The molecular formula is C10H15ClN2O4S. The van der Waals surface area contributed by atoms with Crippen LogP contribution in [0.1, 0.15) is 31.7 Å². The lowest BCUT2D eigenvalue weighted by Crippen LogP contribution is -2.09. The molecule has 0 radical (unpaired) electrons. The first-order valence-corrected chi connectivity index (χ1v) is 7.87. The van der Waals surface area contributed by atoms with Crippen LogP contribution in [-0.4, -0.2) is 29.3 Å². The first-order valence-electron chi connectivity index (χ1n) is 5.56. The molecule has 0 atom stereocenters. The van der Waals surface area contributed by atoms with Gasteiger partial charge in [0.2, 0.25) is 0 Å². The molecule has 18 heavy (non-hydrogen) atoms. The zero-order valence-electron chi connectivity index (χ0n) is 10.2. The fourth-order valence-electron chi connectivity index (χ4n) is 1.78. The van der Waals surface area contributed by atoms with Gasteiger partial charge in [-0.3, -0.25) is 9.48 Å². The van der Waals surface area contributed by atoms with Crippen LogP contribution in [0.4, 0.5) is 0 Å². The molecule has 0 aliphatic heterocycles. The van der Waals surface area contributed by atoms with Crippen LogP contribution >= 0.6 is 10.7 Å². The van der Waals surface area contributed by atoms with Crippen LogP contribution in [0.2, 0.25) is 0 Å². The van der Waals surface area contributed by atoms with Gasteiger partial charge in [0.25, 0.3) is 9.05 Å². The molecule has 0 spiro atoms. The summed E-state index contributed by atoms with van der Waals surface area (Å²) in [6.45, 7) is 3.69. The van der Waals surface area contributed by atoms with Gasteiger partial charge in [-0.15, -0.1) is 0 Å². The summed E-state index contributed by atoms with van der Waals surface area (Å²) in [6, 6.07) is 0. The lowest BCUT2D eigenvalue weighted by molar-refractivity contribution is -0.137. The molecule has 1 heterocycles. The van der Waals surface area contributed by atoms with Crippen molar-refractivity contribution < 1.29 is 18.3 Å². The molecule has 0 saturated carbocycles. The summed E-state index contributed by atoms with van der Waals surface area (Å²) in [5.41, 5.74) is 0.843. The number of aryl methyl sites for hydroxylation is 2. The molecule has 0 bridgehead atoms. The van der Waals surface area contributed by atoms with Crippen molar-refractivity contribution in [2.24, 2.45) is 0 Å². The van der Waals surface area contributed by atoms with E-state index in [1.54, 1.807) is 13.8 Å². The van der Waals surface area contributed by atoms with Crippen LogP contribution in [0.25, 0.3) is 0 Å². The zero-order valence-corrected chi connectivity index (χ0v) is 11.8. The highest BCUT2D eigenvalue weighted by molar-refractivity contribution is 8.13. The van der Waals surface area contributed by atoms with Crippen molar-refractivity contribution in [2.75, 3.05) is 0 Å². The standard InChI is InChI=1S/C10H15ClN2O4S/c1-3-7-10(18(11,16)17)8(4-2)13(12-7)6-5-9(14)15/h3-6H2,1-2H3,(H,14,15). The first kappa shape index (κ1) is 15.0. The van der Waals surface area contributed by atoms with E-state index in [4.69, 9.17) is 15.8 Å². The van der Waals surface area contributed by atoms with Crippen LogP contribution in [0.5, 0.6) is 0 Å². The highest BCUT2D eigenvalue weighted by atomic mass is 35.7. The highest BCUT2D eigenvalue weighted by Gasteiger charge is 2.25. The van der Waals surface area contributed by atoms with E-state index in [9.17, 15) is 13.2 Å². The topological polar surface area (TPSA) is 89.3 Å². The van der Waals surface area contributed by atoms with Gasteiger partial charge in [0.1, 0.15) is 4.90 Å². The largest absolute Gasteiger partial charge is 0.481 e. The molecule has 0 aliphatic carbocycles. The van der Waals surface area contributed by atoms with E-state index in [-0.39, 0.29) is 17.9 Å². The number of hydrogen-bond acceptors (Lipinski definition) is 4. The van der Waals surface area contributed by atoms with Gasteiger partial charge < -0.3 is 5.11 Å². The zero-order chi connectivity index (χ0) is 13.9. The molecule has 1 N–H and O–H groups in total. The third-order valence-corrected chi connectivity index (χ3v) is 3.95. The molecular weight excluding hydrogens is 280 g/mol. The Morgan fingerprint density at radius 3 is 2.39 bits per heavy atom. The molecule has 0 fully saturated rings. The number of hydrogen-bond donors (Lipinski definition) is 1. The summed E-state index contributed by atoms with van der Waals surface area (Å²) in [7, 11) is 1.54. The van der Waals surface area contributed by atoms with Gasteiger partial charge in [-0.25, -0.2) is 8.42 Å². The normalized spacial score (nSPS) is 11.7. The second kappa shape index (κ2) is 5.71. The van der Waals surface area contributed by atoms with Crippen LogP contribution in [0, 0.1) is 0 Å². The van der Waals surface area contributed by atoms with Crippen LogP contribution in [0.3, 0.4) is 0 Å². The Hall–Kier alpha value is -1.08. The lowest BCUT2D eigenvalue weighted by Gasteiger charge is -2.04. The average Bonchev–Trinajstić information content (AvgIpc) is 2.63. The van der Waals surface area contributed by atoms with Crippen molar-refractivity contribution in [1.29, 1.82) is 0 Å². The summed E-state index contributed by atoms with van der Waals surface area (Å²) in [5.74, 6) is -0.958. The third-order valence-electron chi connectivity index (χ3n) is 2.53. The van der Waals surface area contributed by atoms with Gasteiger partial charge >= 0.3 is 5.97 Å². The number of rotatable bonds is 6. The lowest BCUT2D eigenvalue weighted by atomic mass is 10.2. The Kier molecular flexibility index (Phi) is 4.75. The van der Waals surface area contributed by atoms with E-state index < -0.39 is 15.0 Å². The van der Waals surface area contributed by atoms with Crippen molar-refractivity contribution in [3.63, 3.8) is 0 Å². The van der Waals surface area contributed by atoms with Gasteiger partial charge in [0.15, 0.2) is 0 Å². The number of carboxylic acids is 1. The predicted molar refractivity (Wildman–Crippen MR) is 66.3 cm³/mol. The van der Waals surface area contributed by atoms with E-state index in [0.717, 1.165) is 0 Å². The Labute approximate surface area is 110 Å². The van der Waals surface area contributed by atoms with Crippen LogP contribution in [0.15, 0.2) is 4.90 Å². The van der Waals surface area contributed by atoms with Gasteiger partial charge in [-0.2, -0.15) is 5.10 Å². The van der Waals surface area contributed by atoms with Crippen molar-refractivity contribution in [2.45, 2.75) is 44.6 Å². The second-order valence-corrected chi connectivity index (χ2v) is 6.24. The summed E-state index contributed by atoms with van der Waals surface area (Å²) in [4.78, 5) is 10.6. The smallest absolute Gasteiger partial charge is 0.305 e. The van der Waals surface area contributed by atoms with Crippen LogP contribution < -0.4 is 0 Å². The highest BCUT2D eigenvalue weighted by Crippen LogP contribution is 2.25. The molecule has 0 aromatic carbocycles. The van der Waals surface area contributed by atoms with Gasteiger partial charge in [-0.05, 0) is 12.8 Å². The maximum atomic E-state index is 11.5. The Bertz CT molecular complexity index is 550. The molecule has 0 aliphatic rings. The van der Waals surface area contributed by atoms with E-state index in [1.165, 1.54) is 4.68 Å². The SMILES string of the molecule is CCc1nn(CCC(=O)O)c(CC)c1S(=O)(=O)Cl. The van der Waals surface area contributed by atoms with Crippen molar-refractivity contribution in [3.05, 3.63) is 11.4 Å². The van der Waals surface area contributed by atoms with Gasteiger partial charge in [-0.1, -0.05) is 13.8 Å². The molecule has 1 aromatic heterocycles. The Morgan fingerprint density at radius 1 is 1.39 bits per heavy atom. The number of carboxylic acid groups (broad SMARTS) is 1. The average molecular weight is 295 g/mol. The number of aromatic nitrogens is 2. The van der Waals surface area contributed by atoms with E-state index in [0.29, 0.717) is 24.2 Å². The molecule has 102 valence electrons. The molecule has 0 amide bonds. The van der Waals surface area contributed by atoms with Crippen LogP contribution in [-0.2, 0) is 33.2 Å². The Morgan fingerprint density at radius 2 is 2.00 bits per heavy atom. The second-order valence-electron chi connectivity index (χ2n) is 3.73. The minimum Gasteiger partial charge on any atom is -0.481 e. The number of carbonyl (C=O) groups is 1. The summed E-state index contributed by atoms with van der Waals surface area (Å²) in [6.07, 6.45) is 0.738. The fourth-order valence-corrected chi connectivity index (χ4v) is 3.31. The summed E-state index contributed by atoms with van der Waals surface area (Å²) in [5, 5.41) is 12.8. The van der Waals surface area contributed by atoms with Gasteiger partial charge in [0.05, 0.1) is 24.4 Å². The molecule has 8 heteroatoms. The van der Waals surface area contributed by atoms with Gasteiger partial charge in [0, 0.05) is 10.7 Å². The first-order chi connectivity index (χ1) is 8.31. The molecule has 6 nitrogen and oxygen atoms in total. The maximum Gasteiger partial charge on any atom is 0.305 e. The number of nitrogens with zero attached hydrogens (tertiary/aromatic N) is 2. The summed E-state index contributed by atoms with van der Waals surface area (Å²) < 4.78 is 24.5. The quantitative estimate of drug-likeness (QED) is 0.801. The predicted octanol–water partition coefficient (Wildman–Crippen LogP) is 1.41. The van der Waals surface area contributed by atoms with Crippen molar-refractivity contribution in [1.82, 2.24) is 9.78 Å². The van der Waals surface area contributed by atoms with E-state index in [2.05, 4.69) is 5.10 Å². The molecule has 0 unspecified atom stereocenters. The van der Waals surface area contributed by atoms with Crippen molar-refractivity contribution >= 4 is 25.7 Å². The van der Waals surface area contributed by atoms with Crippen molar-refractivity contribution in [3.8, 4) is 0 Å².